The van der Waals surface area contributed by atoms with E-state index in [1.165, 1.54) is 13.2 Å². The van der Waals surface area contributed by atoms with Gasteiger partial charge in [0.25, 0.3) is 5.91 Å². The van der Waals surface area contributed by atoms with Crippen molar-refractivity contribution in [2.24, 2.45) is 0 Å². The van der Waals surface area contributed by atoms with Crippen LogP contribution >= 0.6 is 0 Å². The average Bonchev–Trinajstić information content (AvgIpc) is 2.62. The van der Waals surface area contributed by atoms with Crippen molar-refractivity contribution < 1.29 is 24.2 Å². The predicted molar refractivity (Wildman–Crippen MR) is 92.0 cm³/mol. The molecule has 0 radical (unpaired) electrons. The Morgan fingerprint density at radius 2 is 1.80 bits per heavy atom. The minimum Gasteiger partial charge on any atom is -0.465 e. The van der Waals surface area contributed by atoms with Gasteiger partial charge in [0.15, 0.2) is 0 Å². The standard InChI is InChI=1S/C18H22N2O5/c1-12(11-16(22)20-9-7-15(21)8-10-20)17(23)19-14-5-3-13(4-6-14)18(24)25-2/h3-6,11,15,21H,7-10H2,1-2H3,(H,19,23)/b12-11+. The van der Waals surface area contributed by atoms with E-state index in [9.17, 15) is 19.5 Å². The number of aliphatic hydroxyl groups is 1. The van der Waals surface area contributed by atoms with Gasteiger partial charge in [-0.2, -0.15) is 0 Å². The molecule has 25 heavy (non-hydrogen) atoms. The third-order valence-electron chi connectivity index (χ3n) is 4.04. The number of amides is 2. The second-order valence-corrected chi connectivity index (χ2v) is 5.91. The number of hydrogen-bond donors (Lipinski definition) is 2. The molecule has 1 aromatic rings. The number of esters is 1. The van der Waals surface area contributed by atoms with Gasteiger partial charge in [-0.1, -0.05) is 0 Å². The number of methoxy groups -OCH3 is 1. The maximum Gasteiger partial charge on any atom is 0.337 e. The third-order valence-corrected chi connectivity index (χ3v) is 4.04. The Labute approximate surface area is 146 Å². The van der Waals surface area contributed by atoms with Crippen molar-refractivity contribution in [3.05, 3.63) is 41.5 Å². The van der Waals surface area contributed by atoms with E-state index in [1.54, 1.807) is 36.1 Å². The topological polar surface area (TPSA) is 95.9 Å². The van der Waals surface area contributed by atoms with Crippen molar-refractivity contribution in [3.63, 3.8) is 0 Å². The van der Waals surface area contributed by atoms with Gasteiger partial charge >= 0.3 is 5.97 Å². The molecule has 2 rings (SSSR count). The van der Waals surface area contributed by atoms with Crippen molar-refractivity contribution in [2.75, 3.05) is 25.5 Å². The summed E-state index contributed by atoms with van der Waals surface area (Å²) < 4.78 is 4.61. The van der Waals surface area contributed by atoms with Gasteiger partial charge in [0.2, 0.25) is 5.91 Å². The van der Waals surface area contributed by atoms with Gasteiger partial charge in [-0.05, 0) is 44.0 Å². The molecule has 0 spiro atoms. The first-order chi connectivity index (χ1) is 11.9. The number of carbonyl (C=O) groups excluding carboxylic acids is 3. The molecule has 0 bridgehead atoms. The van der Waals surface area contributed by atoms with Gasteiger partial charge < -0.3 is 20.1 Å². The number of carbonyl (C=O) groups is 3. The quantitative estimate of drug-likeness (QED) is 0.634. The summed E-state index contributed by atoms with van der Waals surface area (Å²) in [5, 5.41) is 12.1. The van der Waals surface area contributed by atoms with Crippen LogP contribution in [-0.4, -0.2) is 54.1 Å². The second-order valence-electron chi connectivity index (χ2n) is 5.91. The highest BCUT2D eigenvalue weighted by atomic mass is 16.5. The predicted octanol–water partition coefficient (Wildman–Crippen LogP) is 1.34. The summed E-state index contributed by atoms with van der Waals surface area (Å²) in [5.41, 5.74) is 1.18. The fourth-order valence-corrected chi connectivity index (χ4v) is 2.47. The van der Waals surface area contributed by atoms with E-state index < -0.39 is 11.9 Å². The minimum atomic E-state index is -0.453. The molecule has 1 aliphatic rings. The Balaban J connectivity index is 1.95. The van der Waals surface area contributed by atoms with E-state index >= 15 is 0 Å². The summed E-state index contributed by atoms with van der Waals surface area (Å²) in [6, 6.07) is 6.27. The molecule has 1 fully saturated rings. The zero-order valence-corrected chi connectivity index (χ0v) is 14.3. The highest BCUT2D eigenvalue weighted by molar-refractivity contribution is 6.07. The number of nitrogens with one attached hydrogen (secondary N) is 1. The van der Waals surface area contributed by atoms with Crippen LogP contribution in [-0.2, 0) is 14.3 Å². The monoisotopic (exact) mass is 346 g/mol. The molecule has 7 nitrogen and oxygen atoms in total. The Morgan fingerprint density at radius 3 is 2.36 bits per heavy atom. The summed E-state index contributed by atoms with van der Waals surface area (Å²) in [6.07, 6.45) is 2.05. The van der Waals surface area contributed by atoms with E-state index in [-0.39, 0.29) is 17.6 Å². The molecule has 134 valence electrons. The zero-order valence-electron chi connectivity index (χ0n) is 14.3. The molecule has 2 N–H and O–H groups in total. The number of anilines is 1. The van der Waals surface area contributed by atoms with E-state index in [0.717, 1.165) is 0 Å². The van der Waals surface area contributed by atoms with Crippen LogP contribution in [0, 0.1) is 0 Å². The van der Waals surface area contributed by atoms with Crippen LogP contribution < -0.4 is 5.32 Å². The van der Waals surface area contributed by atoms with E-state index in [2.05, 4.69) is 10.1 Å². The smallest absolute Gasteiger partial charge is 0.337 e. The van der Waals surface area contributed by atoms with Crippen molar-refractivity contribution in [1.29, 1.82) is 0 Å². The van der Waals surface area contributed by atoms with E-state index in [1.807, 2.05) is 0 Å². The van der Waals surface area contributed by atoms with Crippen molar-refractivity contribution in [3.8, 4) is 0 Å². The van der Waals surface area contributed by atoms with Crippen LogP contribution in [0.1, 0.15) is 30.1 Å². The minimum absolute atomic E-state index is 0.236. The molecule has 0 aromatic heterocycles. The molecule has 7 heteroatoms. The lowest BCUT2D eigenvalue weighted by molar-refractivity contribution is -0.128. The Hall–Kier alpha value is -2.67. The fourth-order valence-electron chi connectivity index (χ4n) is 2.47. The molecule has 0 aliphatic carbocycles. The van der Waals surface area contributed by atoms with Crippen LogP contribution in [0.5, 0.6) is 0 Å². The zero-order chi connectivity index (χ0) is 18.4. The van der Waals surface area contributed by atoms with Crippen LogP contribution in [0.15, 0.2) is 35.9 Å². The molecule has 1 aromatic carbocycles. The first-order valence-electron chi connectivity index (χ1n) is 8.05. The fraction of sp³-hybridized carbons (Fsp3) is 0.389. The van der Waals surface area contributed by atoms with Gasteiger partial charge in [-0.25, -0.2) is 4.79 Å². The maximum absolute atomic E-state index is 12.2. The lowest BCUT2D eigenvalue weighted by Crippen LogP contribution is -2.39. The average molecular weight is 346 g/mol. The summed E-state index contributed by atoms with van der Waals surface area (Å²) in [5.74, 6) is -1.08. The first kappa shape index (κ1) is 18.7. The van der Waals surface area contributed by atoms with Crippen LogP contribution in [0.4, 0.5) is 5.69 Å². The van der Waals surface area contributed by atoms with Crippen molar-refractivity contribution in [2.45, 2.75) is 25.9 Å². The summed E-state index contributed by atoms with van der Waals surface area (Å²) in [4.78, 5) is 37.3. The lowest BCUT2D eigenvalue weighted by Gasteiger charge is -2.28. The van der Waals surface area contributed by atoms with Gasteiger partial charge in [0, 0.05) is 30.4 Å². The molecule has 0 unspecified atom stereocenters. The van der Waals surface area contributed by atoms with Crippen molar-refractivity contribution >= 4 is 23.5 Å². The molecular weight excluding hydrogens is 324 g/mol. The summed E-state index contributed by atoms with van der Waals surface area (Å²) in [6.45, 7) is 2.54. The van der Waals surface area contributed by atoms with Crippen molar-refractivity contribution in [1.82, 2.24) is 4.90 Å². The lowest BCUT2D eigenvalue weighted by atomic mass is 10.1. The summed E-state index contributed by atoms with van der Waals surface area (Å²) >= 11 is 0. The number of ether oxygens (including phenoxy) is 1. The molecule has 2 amide bonds. The highest BCUT2D eigenvalue weighted by Crippen LogP contribution is 2.13. The Kier molecular flexibility index (Phi) is 6.30. The van der Waals surface area contributed by atoms with Crippen LogP contribution in [0.25, 0.3) is 0 Å². The molecular formula is C18H22N2O5. The third kappa shape index (κ3) is 5.15. The number of nitrogens with zero attached hydrogens (tertiary/aromatic N) is 1. The highest BCUT2D eigenvalue weighted by Gasteiger charge is 2.20. The number of hydrogen-bond acceptors (Lipinski definition) is 5. The molecule has 1 aliphatic heterocycles. The second kappa shape index (κ2) is 8.43. The van der Waals surface area contributed by atoms with Crippen LogP contribution in [0.2, 0.25) is 0 Å². The van der Waals surface area contributed by atoms with Gasteiger partial charge in [-0.15, -0.1) is 0 Å². The molecule has 1 heterocycles. The molecule has 0 saturated carbocycles. The van der Waals surface area contributed by atoms with E-state index in [4.69, 9.17) is 0 Å². The number of piperidine rings is 1. The van der Waals surface area contributed by atoms with E-state index in [0.29, 0.717) is 37.2 Å². The SMILES string of the molecule is COC(=O)c1ccc(NC(=O)/C(C)=C/C(=O)N2CCC(O)CC2)cc1. The normalized spacial score (nSPS) is 15.6. The Bertz CT molecular complexity index is 673. The van der Waals surface area contributed by atoms with Crippen LogP contribution in [0.3, 0.4) is 0 Å². The molecule has 0 atom stereocenters. The van der Waals surface area contributed by atoms with Gasteiger partial charge in [0.05, 0.1) is 18.8 Å². The number of aliphatic hydroxyl groups excluding tert-OH is 1. The number of rotatable bonds is 4. The first-order valence-corrected chi connectivity index (χ1v) is 8.05. The summed E-state index contributed by atoms with van der Waals surface area (Å²) in [7, 11) is 1.30. The maximum atomic E-state index is 12.2. The Morgan fingerprint density at radius 1 is 1.20 bits per heavy atom. The van der Waals surface area contributed by atoms with Gasteiger partial charge in [-0.3, -0.25) is 9.59 Å². The number of likely N-dealkylation sites (tertiary alicyclic amines) is 1. The molecule has 1 saturated heterocycles. The number of benzene rings is 1. The largest absolute Gasteiger partial charge is 0.465 e. The van der Waals surface area contributed by atoms with Gasteiger partial charge in [0.1, 0.15) is 0 Å².